The van der Waals surface area contributed by atoms with E-state index in [9.17, 15) is 4.79 Å². The van der Waals surface area contributed by atoms with E-state index in [1.807, 2.05) is 0 Å². The van der Waals surface area contributed by atoms with E-state index < -0.39 is 0 Å². The second kappa shape index (κ2) is 5.24. The number of anilines is 1. The van der Waals surface area contributed by atoms with Crippen molar-refractivity contribution in [3.8, 4) is 0 Å². The van der Waals surface area contributed by atoms with Crippen molar-refractivity contribution in [2.75, 3.05) is 11.9 Å². The number of halogens is 1. The van der Waals surface area contributed by atoms with E-state index in [2.05, 4.69) is 20.6 Å². The molecule has 0 saturated heterocycles. The van der Waals surface area contributed by atoms with Gasteiger partial charge in [-0.2, -0.15) is 0 Å². The van der Waals surface area contributed by atoms with Crippen LogP contribution in [-0.2, 0) is 13.0 Å². The monoisotopic (exact) mass is 294 g/mol. The van der Waals surface area contributed by atoms with Crippen LogP contribution in [0.1, 0.15) is 21.1 Å². The molecule has 0 unspecified atom stereocenters. The molecule has 19 heavy (non-hydrogen) atoms. The maximum absolute atomic E-state index is 12.0. The fourth-order valence-corrected chi connectivity index (χ4v) is 2.93. The second-order valence-electron chi connectivity index (χ2n) is 4.13. The average molecular weight is 295 g/mol. The Morgan fingerprint density at radius 1 is 1.47 bits per heavy atom. The lowest BCUT2D eigenvalue weighted by atomic mass is 10.2. The molecule has 0 bridgehead atoms. The van der Waals surface area contributed by atoms with Gasteiger partial charge < -0.3 is 5.32 Å². The minimum Gasteiger partial charge on any atom is -0.311 e. The number of rotatable bonds is 2. The third kappa shape index (κ3) is 2.75. The van der Waals surface area contributed by atoms with Crippen LogP contribution < -0.4 is 10.6 Å². The Labute approximate surface area is 119 Å². The number of amides is 1. The number of nitrogens with one attached hydrogen (secondary N) is 2. The van der Waals surface area contributed by atoms with Crippen LogP contribution in [0.3, 0.4) is 0 Å². The van der Waals surface area contributed by atoms with E-state index in [0.717, 1.165) is 25.2 Å². The quantitative estimate of drug-likeness (QED) is 0.890. The van der Waals surface area contributed by atoms with Crippen molar-refractivity contribution in [3.63, 3.8) is 0 Å². The summed E-state index contributed by atoms with van der Waals surface area (Å²) in [6, 6.07) is 3.23. The average Bonchev–Trinajstić information content (AvgIpc) is 2.81. The number of fused-ring (bicyclic) bond motifs is 1. The lowest BCUT2D eigenvalue weighted by Gasteiger charge is -2.09. The fourth-order valence-electron chi connectivity index (χ4n) is 1.85. The zero-order valence-electron chi connectivity index (χ0n) is 9.94. The highest BCUT2D eigenvalue weighted by atomic mass is 35.5. The molecular formula is C12H11ClN4OS. The van der Waals surface area contributed by atoms with Gasteiger partial charge in [-0.25, -0.2) is 9.97 Å². The van der Waals surface area contributed by atoms with Crippen LogP contribution >= 0.6 is 22.9 Å². The molecule has 0 aliphatic carbocycles. The van der Waals surface area contributed by atoms with Crippen molar-refractivity contribution in [1.29, 1.82) is 0 Å². The molecule has 0 radical (unpaired) electrons. The smallest absolute Gasteiger partial charge is 0.276 e. The molecule has 0 aromatic carbocycles. The van der Waals surface area contributed by atoms with E-state index in [1.165, 1.54) is 22.4 Å². The Hall–Kier alpha value is -1.50. The molecule has 2 N–H and O–H groups in total. The zero-order valence-corrected chi connectivity index (χ0v) is 11.5. The number of hydrogen-bond donors (Lipinski definition) is 2. The Bertz CT molecular complexity index is 587. The van der Waals surface area contributed by atoms with Crippen LogP contribution in [0.4, 0.5) is 5.13 Å². The first-order valence-electron chi connectivity index (χ1n) is 5.84. The Morgan fingerprint density at radius 3 is 3.11 bits per heavy atom. The predicted molar refractivity (Wildman–Crippen MR) is 74.7 cm³/mol. The molecule has 2 aromatic heterocycles. The minimum atomic E-state index is -0.268. The first kappa shape index (κ1) is 12.5. The second-order valence-corrected chi connectivity index (χ2v) is 5.65. The largest absolute Gasteiger partial charge is 0.311 e. The van der Waals surface area contributed by atoms with Crippen LogP contribution in [0.15, 0.2) is 18.3 Å². The molecule has 0 atom stereocenters. The molecular weight excluding hydrogens is 284 g/mol. The number of carbonyl (C=O) groups excluding carboxylic acids is 1. The Kier molecular flexibility index (Phi) is 3.46. The third-order valence-electron chi connectivity index (χ3n) is 2.78. The van der Waals surface area contributed by atoms with Gasteiger partial charge in [0.1, 0.15) is 5.69 Å². The summed E-state index contributed by atoms with van der Waals surface area (Å²) in [5.74, 6) is -0.268. The molecule has 98 valence electrons. The number of hydrogen-bond acceptors (Lipinski definition) is 5. The molecule has 3 heterocycles. The highest BCUT2D eigenvalue weighted by Crippen LogP contribution is 2.25. The molecule has 0 spiro atoms. The normalized spacial score (nSPS) is 13.9. The molecule has 0 saturated carbocycles. The fraction of sp³-hybridized carbons (Fsp3) is 0.250. The topological polar surface area (TPSA) is 66.9 Å². The lowest BCUT2D eigenvalue weighted by molar-refractivity contribution is 0.102. The standard InChI is InChI=1S/C12H11ClN4OS/c13-7-1-2-9(15-5-7)11(18)17-12-16-8-3-4-14-6-10(8)19-12/h1-2,5,14H,3-4,6H2,(H,16,17,18). The van der Waals surface area contributed by atoms with Gasteiger partial charge in [0, 0.05) is 30.6 Å². The van der Waals surface area contributed by atoms with Gasteiger partial charge in [-0.1, -0.05) is 11.6 Å². The minimum absolute atomic E-state index is 0.268. The van der Waals surface area contributed by atoms with Crippen molar-refractivity contribution >= 4 is 34.0 Å². The first-order valence-corrected chi connectivity index (χ1v) is 7.04. The van der Waals surface area contributed by atoms with Crippen LogP contribution in [0.25, 0.3) is 0 Å². The van der Waals surface area contributed by atoms with Gasteiger partial charge in [-0.05, 0) is 12.1 Å². The summed E-state index contributed by atoms with van der Waals surface area (Å²) in [4.78, 5) is 21.6. The van der Waals surface area contributed by atoms with E-state index >= 15 is 0 Å². The molecule has 1 amide bonds. The number of pyridine rings is 1. The Morgan fingerprint density at radius 2 is 2.37 bits per heavy atom. The highest BCUT2D eigenvalue weighted by Gasteiger charge is 2.16. The van der Waals surface area contributed by atoms with Crippen molar-refractivity contribution in [3.05, 3.63) is 39.6 Å². The zero-order chi connectivity index (χ0) is 13.2. The van der Waals surface area contributed by atoms with Gasteiger partial charge in [0.15, 0.2) is 5.13 Å². The van der Waals surface area contributed by atoms with Gasteiger partial charge in [0.25, 0.3) is 5.91 Å². The van der Waals surface area contributed by atoms with Crippen molar-refractivity contribution in [2.24, 2.45) is 0 Å². The maximum Gasteiger partial charge on any atom is 0.276 e. The number of carbonyl (C=O) groups is 1. The molecule has 1 aliphatic heterocycles. The summed E-state index contributed by atoms with van der Waals surface area (Å²) < 4.78 is 0. The summed E-state index contributed by atoms with van der Waals surface area (Å²) >= 11 is 7.24. The highest BCUT2D eigenvalue weighted by molar-refractivity contribution is 7.15. The number of aromatic nitrogens is 2. The lowest BCUT2D eigenvalue weighted by Crippen LogP contribution is -2.22. The van der Waals surface area contributed by atoms with E-state index in [1.54, 1.807) is 12.1 Å². The summed E-state index contributed by atoms with van der Waals surface area (Å²) in [7, 11) is 0. The maximum atomic E-state index is 12.0. The first-order chi connectivity index (χ1) is 9.22. The van der Waals surface area contributed by atoms with Gasteiger partial charge in [-0.15, -0.1) is 11.3 Å². The van der Waals surface area contributed by atoms with E-state index in [4.69, 9.17) is 11.6 Å². The summed E-state index contributed by atoms with van der Waals surface area (Å²) in [6.07, 6.45) is 2.36. The molecule has 0 fully saturated rings. The summed E-state index contributed by atoms with van der Waals surface area (Å²) in [5.41, 5.74) is 1.40. The number of thiazole rings is 1. The van der Waals surface area contributed by atoms with Crippen molar-refractivity contribution in [2.45, 2.75) is 13.0 Å². The summed E-state index contributed by atoms with van der Waals surface area (Å²) in [5, 5.41) is 7.17. The van der Waals surface area contributed by atoms with Crippen molar-refractivity contribution in [1.82, 2.24) is 15.3 Å². The van der Waals surface area contributed by atoms with Crippen LogP contribution in [-0.4, -0.2) is 22.4 Å². The molecule has 3 rings (SSSR count). The van der Waals surface area contributed by atoms with E-state index in [-0.39, 0.29) is 5.91 Å². The van der Waals surface area contributed by atoms with Crippen molar-refractivity contribution < 1.29 is 4.79 Å². The van der Waals surface area contributed by atoms with E-state index in [0.29, 0.717) is 15.8 Å². The number of nitrogens with zero attached hydrogens (tertiary/aromatic N) is 2. The molecule has 2 aromatic rings. The van der Waals surface area contributed by atoms with Crippen LogP contribution in [0.5, 0.6) is 0 Å². The third-order valence-corrected chi connectivity index (χ3v) is 4.02. The molecule has 5 nitrogen and oxygen atoms in total. The predicted octanol–water partition coefficient (Wildman–Crippen LogP) is 2.09. The SMILES string of the molecule is O=C(Nc1nc2c(s1)CNCC2)c1ccc(Cl)cn1. The summed E-state index contributed by atoms with van der Waals surface area (Å²) in [6.45, 7) is 1.75. The van der Waals surface area contributed by atoms with Gasteiger partial charge in [0.05, 0.1) is 10.7 Å². The van der Waals surface area contributed by atoms with Crippen LogP contribution in [0.2, 0.25) is 5.02 Å². The Balaban J connectivity index is 1.75. The molecule has 7 heteroatoms. The van der Waals surface area contributed by atoms with Crippen LogP contribution in [0, 0.1) is 0 Å². The van der Waals surface area contributed by atoms with Gasteiger partial charge in [0.2, 0.25) is 0 Å². The molecule has 1 aliphatic rings. The van der Waals surface area contributed by atoms with Gasteiger partial charge >= 0.3 is 0 Å². The van der Waals surface area contributed by atoms with Gasteiger partial charge in [-0.3, -0.25) is 10.1 Å².